The van der Waals surface area contributed by atoms with E-state index >= 15 is 0 Å². The Morgan fingerprint density at radius 1 is 0.561 bits per heavy atom. The lowest BCUT2D eigenvalue weighted by atomic mass is 9.76. The highest BCUT2D eigenvalue weighted by Gasteiger charge is 2.49. The number of aryl methyl sites for hydroxylation is 2. The number of nitrogens with zero attached hydrogens (tertiary/aromatic N) is 4. The van der Waals surface area contributed by atoms with Crippen molar-refractivity contribution in [3.8, 4) is 23.0 Å². The smallest absolute Gasteiger partial charge is 0.336 e. The first-order valence-electron chi connectivity index (χ1n) is 23.1. The van der Waals surface area contributed by atoms with E-state index in [9.17, 15) is 4.79 Å². The van der Waals surface area contributed by atoms with Gasteiger partial charge in [-0.15, -0.1) is 0 Å². The van der Waals surface area contributed by atoms with Crippen molar-refractivity contribution >= 4 is 40.9 Å². The minimum Gasteiger partial charge on any atom is -0.494 e. The second-order valence-corrected chi connectivity index (χ2v) is 16.5. The first kappa shape index (κ1) is 45.4. The Hall–Kier alpha value is -7.17. The van der Waals surface area contributed by atoms with Crippen molar-refractivity contribution in [3.05, 3.63) is 179 Å². The number of carbonyl (C=O) groups excluding carboxylic acids is 1. The zero-order valence-corrected chi connectivity index (χ0v) is 37.7. The standard InChI is InChI=1S/C56H56N4O6/c1-3-5-6-7-39-63-50-31-27-48(28-32-50)60-58-46-23-18-42(19-24-46)20-33-53(61)65-51-14-8-12-43-34-36-56(54(43)51)37-35-44-13-9-15-52(55(44)56)66-64-40-10-11-41-16-21-45(22-17-41)57-59-47-25-29-49(30-26-47)62-38-4-2/h8-33H,3-7,34-40H2,1-2H3. The van der Waals surface area contributed by atoms with Gasteiger partial charge >= 0.3 is 5.97 Å². The largest absolute Gasteiger partial charge is 0.494 e. The summed E-state index contributed by atoms with van der Waals surface area (Å²) in [5.41, 5.74) is 9.01. The molecule has 0 saturated heterocycles. The first-order valence-corrected chi connectivity index (χ1v) is 23.1. The Kier molecular flexibility index (Phi) is 15.6. The van der Waals surface area contributed by atoms with Gasteiger partial charge in [0, 0.05) is 22.6 Å². The second-order valence-electron chi connectivity index (χ2n) is 16.5. The van der Waals surface area contributed by atoms with E-state index in [-0.39, 0.29) is 12.0 Å². The van der Waals surface area contributed by atoms with Gasteiger partial charge in [0.05, 0.1) is 36.0 Å². The summed E-state index contributed by atoms with van der Waals surface area (Å²) in [5.74, 6) is 2.48. The maximum Gasteiger partial charge on any atom is 0.336 e. The zero-order valence-electron chi connectivity index (χ0n) is 37.7. The molecule has 6 aromatic carbocycles. The van der Waals surface area contributed by atoms with Crippen LogP contribution in [0.5, 0.6) is 23.0 Å². The Morgan fingerprint density at radius 2 is 1.08 bits per heavy atom. The van der Waals surface area contributed by atoms with Crippen LogP contribution in [-0.4, -0.2) is 25.8 Å². The van der Waals surface area contributed by atoms with Crippen molar-refractivity contribution in [2.45, 2.75) is 77.0 Å². The van der Waals surface area contributed by atoms with Crippen molar-refractivity contribution in [2.75, 3.05) is 19.8 Å². The molecule has 0 aromatic heterocycles. The summed E-state index contributed by atoms with van der Waals surface area (Å²) in [6, 6.07) is 42.7. The van der Waals surface area contributed by atoms with Crippen molar-refractivity contribution in [1.29, 1.82) is 0 Å². The number of benzene rings is 6. The van der Waals surface area contributed by atoms with E-state index < -0.39 is 5.97 Å². The lowest BCUT2D eigenvalue weighted by Gasteiger charge is -2.29. The molecule has 1 atom stereocenters. The third kappa shape index (κ3) is 11.7. The molecule has 0 bridgehead atoms. The van der Waals surface area contributed by atoms with Gasteiger partial charge in [-0.1, -0.05) is 93.8 Å². The van der Waals surface area contributed by atoms with Gasteiger partial charge in [-0.25, -0.2) is 4.79 Å². The summed E-state index contributed by atoms with van der Waals surface area (Å²) in [6.45, 7) is 5.94. The molecule has 2 aliphatic rings. The molecule has 2 aliphatic carbocycles. The van der Waals surface area contributed by atoms with Gasteiger partial charge in [0.25, 0.3) is 0 Å². The first-order chi connectivity index (χ1) is 32.5. The van der Waals surface area contributed by atoms with Gasteiger partial charge in [-0.2, -0.15) is 25.3 Å². The van der Waals surface area contributed by atoms with Crippen LogP contribution in [0.15, 0.2) is 166 Å². The van der Waals surface area contributed by atoms with Crippen molar-refractivity contribution < 1.29 is 28.8 Å². The van der Waals surface area contributed by atoms with Crippen LogP contribution in [0.25, 0.3) is 12.2 Å². The van der Waals surface area contributed by atoms with E-state index in [1.165, 1.54) is 36.5 Å². The molecule has 0 amide bonds. The maximum atomic E-state index is 13.4. The Bertz CT molecular complexity index is 2650. The number of carbonyl (C=O) groups is 1. The number of rotatable bonds is 21. The molecule has 0 radical (unpaired) electrons. The van der Waals surface area contributed by atoms with Gasteiger partial charge in [-0.3, -0.25) is 0 Å². The predicted octanol–water partition coefficient (Wildman–Crippen LogP) is 15.1. The van der Waals surface area contributed by atoms with Gasteiger partial charge in [-0.05, 0) is 152 Å². The average Bonchev–Trinajstić information content (AvgIpc) is 3.93. The molecular formula is C56H56N4O6. The van der Waals surface area contributed by atoms with Gasteiger partial charge in [0.1, 0.15) is 23.9 Å². The molecule has 0 aliphatic heterocycles. The van der Waals surface area contributed by atoms with Gasteiger partial charge in [0.2, 0.25) is 0 Å². The van der Waals surface area contributed by atoms with Crippen LogP contribution in [0.2, 0.25) is 0 Å². The lowest BCUT2D eigenvalue weighted by Crippen LogP contribution is -2.24. The van der Waals surface area contributed by atoms with Crippen LogP contribution in [0.3, 0.4) is 0 Å². The van der Waals surface area contributed by atoms with E-state index in [1.54, 1.807) is 6.08 Å². The molecule has 0 saturated carbocycles. The molecule has 10 heteroatoms. The Labute approximate surface area is 387 Å². The highest BCUT2D eigenvalue weighted by molar-refractivity contribution is 5.89. The van der Waals surface area contributed by atoms with E-state index in [0.29, 0.717) is 23.8 Å². The van der Waals surface area contributed by atoms with E-state index in [0.717, 1.165) is 95.9 Å². The van der Waals surface area contributed by atoms with Crippen LogP contribution in [0.1, 0.15) is 92.2 Å². The molecule has 6 aromatic rings. The quantitative estimate of drug-likeness (QED) is 0.0135. The molecule has 0 fully saturated rings. The number of hydrogen-bond donors (Lipinski definition) is 0. The number of esters is 1. The van der Waals surface area contributed by atoms with E-state index in [2.05, 4.69) is 46.4 Å². The number of azo groups is 2. The molecule has 336 valence electrons. The molecule has 66 heavy (non-hydrogen) atoms. The summed E-state index contributed by atoms with van der Waals surface area (Å²) in [6.07, 6.45) is 16.3. The molecule has 1 unspecified atom stereocenters. The van der Waals surface area contributed by atoms with E-state index in [1.807, 2.05) is 133 Å². The molecular weight excluding hydrogens is 825 g/mol. The minimum atomic E-state index is -0.446. The number of hydrogen-bond acceptors (Lipinski definition) is 10. The van der Waals surface area contributed by atoms with Gasteiger partial charge < -0.3 is 19.1 Å². The highest BCUT2D eigenvalue weighted by atomic mass is 17.2. The molecule has 10 nitrogen and oxygen atoms in total. The van der Waals surface area contributed by atoms with Crippen molar-refractivity contribution in [2.24, 2.45) is 20.5 Å². The summed E-state index contributed by atoms with van der Waals surface area (Å²) in [7, 11) is 0. The van der Waals surface area contributed by atoms with Crippen LogP contribution in [-0.2, 0) is 27.9 Å². The van der Waals surface area contributed by atoms with E-state index in [4.69, 9.17) is 24.0 Å². The molecule has 0 N–H and O–H groups in total. The molecule has 8 rings (SSSR count). The number of fused-ring (bicyclic) bond motifs is 4. The Morgan fingerprint density at radius 3 is 1.64 bits per heavy atom. The monoisotopic (exact) mass is 880 g/mol. The van der Waals surface area contributed by atoms with Crippen LogP contribution >= 0.6 is 0 Å². The summed E-state index contributed by atoms with van der Waals surface area (Å²) in [4.78, 5) is 25.2. The average molecular weight is 881 g/mol. The SMILES string of the molecule is CCCCCCOc1ccc(N=Nc2ccc(C=CC(=O)Oc3cccc4c3C3(CCc5cccc(OOCC=Cc6ccc(N=Nc7ccc(OCCC)cc7)cc6)c53)CC4)cc2)cc1. The minimum absolute atomic E-state index is 0.249. The summed E-state index contributed by atoms with van der Waals surface area (Å²) < 4.78 is 17.6. The number of ether oxygens (including phenoxy) is 3. The zero-order chi connectivity index (χ0) is 45.4. The third-order valence-corrected chi connectivity index (χ3v) is 11.8. The fourth-order valence-electron chi connectivity index (χ4n) is 8.58. The second kappa shape index (κ2) is 22.6. The fraction of sp³-hybridized carbons (Fsp3) is 0.268. The van der Waals surface area contributed by atoms with Crippen LogP contribution in [0, 0.1) is 0 Å². The van der Waals surface area contributed by atoms with Crippen LogP contribution in [0.4, 0.5) is 22.7 Å². The summed E-state index contributed by atoms with van der Waals surface area (Å²) >= 11 is 0. The van der Waals surface area contributed by atoms with Gasteiger partial charge in [0.15, 0.2) is 5.75 Å². The third-order valence-electron chi connectivity index (χ3n) is 11.8. The number of unbranched alkanes of at least 4 members (excludes halogenated alkanes) is 3. The van der Waals surface area contributed by atoms with Crippen LogP contribution < -0.4 is 19.1 Å². The maximum absolute atomic E-state index is 13.4. The van der Waals surface area contributed by atoms with Crippen molar-refractivity contribution in [1.82, 2.24) is 0 Å². The molecule has 0 heterocycles. The molecule has 1 spiro atoms. The fourth-order valence-corrected chi connectivity index (χ4v) is 8.58. The Balaban J connectivity index is 0.848. The highest BCUT2D eigenvalue weighted by Crippen LogP contribution is 2.57. The predicted molar refractivity (Wildman–Crippen MR) is 260 cm³/mol. The normalized spacial score (nSPS) is 15.3. The van der Waals surface area contributed by atoms with Crippen molar-refractivity contribution in [3.63, 3.8) is 0 Å². The topological polar surface area (TPSA) is 113 Å². The summed E-state index contributed by atoms with van der Waals surface area (Å²) in [5, 5.41) is 17.5. The lowest BCUT2D eigenvalue weighted by molar-refractivity contribution is -0.196.